The van der Waals surface area contributed by atoms with Crippen LogP contribution in [0.1, 0.15) is 22.6 Å². The molecule has 0 spiro atoms. The van der Waals surface area contributed by atoms with Crippen LogP contribution in [0.15, 0.2) is 24.5 Å². The molecule has 5 heterocycles. The summed E-state index contributed by atoms with van der Waals surface area (Å²) in [5.74, 6) is 2.65. The van der Waals surface area contributed by atoms with Gasteiger partial charge in [-0.1, -0.05) is 0 Å². The topological polar surface area (TPSA) is 85.1 Å². The van der Waals surface area contributed by atoms with E-state index in [0.29, 0.717) is 6.61 Å². The van der Waals surface area contributed by atoms with Gasteiger partial charge in [-0.05, 0) is 26.0 Å². The van der Waals surface area contributed by atoms with Gasteiger partial charge in [0.2, 0.25) is 0 Å². The van der Waals surface area contributed by atoms with Crippen LogP contribution in [0.2, 0.25) is 0 Å². The van der Waals surface area contributed by atoms with E-state index in [1.165, 1.54) is 0 Å². The minimum absolute atomic E-state index is 0.633. The van der Waals surface area contributed by atoms with Crippen molar-refractivity contribution in [3.63, 3.8) is 0 Å². The summed E-state index contributed by atoms with van der Waals surface area (Å²) in [6.07, 6.45) is 2.46. The number of hydrogen-bond acceptors (Lipinski definition) is 8. The van der Waals surface area contributed by atoms with Gasteiger partial charge in [-0.25, -0.2) is 14.6 Å². The van der Waals surface area contributed by atoms with Gasteiger partial charge in [-0.15, -0.1) is 5.10 Å². The molecule has 5 rings (SSSR count). The van der Waals surface area contributed by atoms with Crippen LogP contribution in [-0.2, 0) is 17.8 Å². The third-order valence-corrected chi connectivity index (χ3v) is 5.48. The molecule has 1 saturated heterocycles. The fraction of sp³-hybridized carbons (Fsp3) is 0.450. The summed E-state index contributed by atoms with van der Waals surface area (Å²) in [4.78, 5) is 13.5. The number of aryl methyl sites for hydroxylation is 2. The van der Waals surface area contributed by atoms with Crippen molar-refractivity contribution in [2.75, 3.05) is 42.6 Å². The summed E-state index contributed by atoms with van der Waals surface area (Å²) in [7, 11) is 0. The van der Waals surface area contributed by atoms with E-state index in [0.717, 1.165) is 79.3 Å². The van der Waals surface area contributed by atoms with Gasteiger partial charge in [0.1, 0.15) is 12.1 Å². The third-order valence-electron chi connectivity index (χ3n) is 5.48. The van der Waals surface area contributed by atoms with Crippen LogP contribution in [-0.4, -0.2) is 62.7 Å². The Morgan fingerprint density at radius 1 is 0.862 bits per heavy atom. The lowest BCUT2D eigenvalue weighted by Crippen LogP contribution is -2.47. The maximum absolute atomic E-state index is 5.55. The molecule has 0 aliphatic carbocycles. The van der Waals surface area contributed by atoms with E-state index in [9.17, 15) is 0 Å². The maximum Gasteiger partial charge on any atom is 0.159 e. The highest BCUT2D eigenvalue weighted by molar-refractivity contribution is 5.48. The summed E-state index contributed by atoms with van der Waals surface area (Å²) in [6.45, 7) is 8.85. The predicted molar refractivity (Wildman–Crippen MR) is 108 cm³/mol. The quantitative estimate of drug-likeness (QED) is 0.662. The first kappa shape index (κ1) is 18.0. The molecule has 150 valence electrons. The molecule has 0 aromatic carbocycles. The van der Waals surface area contributed by atoms with Crippen LogP contribution in [0, 0.1) is 13.8 Å². The highest BCUT2D eigenvalue weighted by Crippen LogP contribution is 2.22. The van der Waals surface area contributed by atoms with E-state index in [4.69, 9.17) is 4.74 Å². The number of aromatic nitrogens is 6. The van der Waals surface area contributed by atoms with Gasteiger partial charge < -0.3 is 14.5 Å². The molecular weight excluding hydrogens is 368 g/mol. The number of piperazine rings is 1. The Morgan fingerprint density at radius 2 is 1.62 bits per heavy atom. The van der Waals surface area contributed by atoms with E-state index < -0.39 is 0 Å². The second kappa shape index (κ2) is 7.40. The SMILES string of the molecule is Cc1cc(C)n(-c2cc(N3CCN(c4cc5c(nn4)CCOC5)CC3)ncn2)n1. The first-order chi connectivity index (χ1) is 14.2. The average molecular weight is 392 g/mol. The maximum atomic E-state index is 5.55. The van der Waals surface area contributed by atoms with Gasteiger partial charge >= 0.3 is 0 Å². The van der Waals surface area contributed by atoms with Crippen LogP contribution in [0.5, 0.6) is 0 Å². The Labute approximate surface area is 169 Å². The number of anilines is 2. The van der Waals surface area contributed by atoms with Crippen molar-refractivity contribution in [2.45, 2.75) is 26.9 Å². The van der Waals surface area contributed by atoms with Gasteiger partial charge in [-0.2, -0.15) is 10.2 Å². The van der Waals surface area contributed by atoms with Gasteiger partial charge in [0.05, 0.1) is 24.6 Å². The normalized spacial score (nSPS) is 16.8. The molecular formula is C20H24N8O. The van der Waals surface area contributed by atoms with Crippen LogP contribution >= 0.6 is 0 Å². The lowest BCUT2D eigenvalue weighted by molar-refractivity contribution is 0.109. The van der Waals surface area contributed by atoms with Gasteiger partial charge in [-0.3, -0.25) is 0 Å². The molecule has 29 heavy (non-hydrogen) atoms. The summed E-state index contributed by atoms with van der Waals surface area (Å²) in [5, 5.41) is 13.4. The van der Waals surface area contributed by atoms with Crippen LogP contribution < -0.4 is 9.80 Å². The minimum Gasteiger partial charge on any atom is -0.376 e. The third kappa shape index (κ3) is 3.53. The van der Waals surface area contributed by atoms with Crippen molar-refractivity contribution in [3.05, 3.63) is 47.2 Å². The molecule has 9 nitrogen and oxygen atoms in total. The van der Waals surface area contributed by atoms with Crippen LogP contribution in [0.3, 0.4) is 0 Å². The first-order valence-electron chi connectivity index (χ1n) is 9.96. The minimum atomic E-state index is 0.633. The predicted octanol–water partition coefficient (Wildman–Crippen LogP) is 1.47. The Hall–Kier alpha value is -3.07. The molecule has 9 heteroatoms. The molecule has 0 bridgehead atoms. The summed E-state index contributed by atoms with van der Waals surface area (Å²) < 4.78 is 7.42. The Balaban J connectivity index is 1.30. The van der Waals surface area contributed by atoms with Crippen molar-refractivity contribution < 1.29 is 4.74 Å². The van der Waals surface area contributed by atoms with Gasteiger partial charge in [0, 0.05) is 49.9 Å². The standard InChI is InChI=1S/C20H24N8O/c1-14-9-15(2)28(25-14)19-11-18(21-13-22-19)26-4-6-27(7-5-26)20-10-16-12-29-8-3-17(16)23-24-20/h9-11,13H,3-8,12H2,1-2H3. The smallest absolute Gasteiger partial charge is 0.159 e. The fourth-order valence-corrected chi connectivity index (χ4v) is 3.94. The zero-order chi connectivity index (χ0) is 19.8. The molecule has 0 saturated carbocycles. The highest BCUT2D eigenvalue weighted by atomic mass is 16.5. The molecule has 0 radical (unpaired) electrons. The molecule has 1 fully saturated rings. The number of ether oxygens (including phenoxy) is 1. The number of nitrogens with zero attached hydrogens (tertiary/aromatic N) is 8. The van der Waals surface area contributed by atoms with Crippen LogP contribution in [0.25, 0.3) is 5.82 Å². The van der Waals surface area contributed by atoms with Crippen molar-refractivity contribution in [1.29, 1.82) is 0 Å². The van der Waals surface area contributed by atoms with E-state index in [2.05, 4.69) is 41.1 Å². The molecule has 2 aliphatic rings. The molecule has 0 unspecified atom stereocenters. The molecule has 0 N–H and O–H groups in total. The Bertz CT molecular complexity index is 1030. The van der Waals surface area contributed by atoms with E-state index in [1.54, 1.807) is 6.33 Å². The second-order valence-electron chi connectivity index (χ2n) is 7.52. The lowest BCUT2D eigenvalue weighted by atomic mass is 10.1. The summed E-state index contributed by atoms with van der Waals surface area (Å²) >= 11 is 0. The zero-order valence-corrected chi connectivity index (χ0v) is 16.7. The highest BCUT2D eigenvalue weighted by Gasteiger charge is 2.22. The van der Waals surface area contributed by atoms with Gasteiger partial charge in [0.25, 0.3) is 0 Å². The molecule has 2 aliphatic heterocycles. The zero-order valence-electron chi connectivity index (χ0n) is 16.7. The van der Waals surface area contributed by atoms with Crippen molar-refractivity contribution in [1.82, 2.24) is 29.9 Å². The van der Waals surface area contributed by atoms with Crippen molar-refractivity contribution in [2.24, 2.45) is 0 Å². The monoisotopic (exact) mass is 392 g/mol. The largest absolute Gasteiger partial charge is 0.376 e. The number of rotatable bonds is 3. The molecule has 0 atom stereocenters. The summed E-state index contributed by atoms with van der Waals surface area (Å²) in [6, 6.07) is 6.18. The second-order valence-corrected chi connectivity index (χ2v) is 7.52. The van der Waals surface area contributed by atoms with Gasteiger partial charge in [0.15, 0.2) is 11.6 Å². The molecule has 3 aromatic rings. The van der Waals surface area contributed by atoms with Crippen LogP contribution in [0.4, 0.5) is 11.6 Å². The van der Waals surface area contributed by atoms with E-state index in [1.807, 2.05) is 30.7 Å². The van der Waals surface area contributed by atoms with E-state index >= 15 is 0 Å². The number of fused-ring (bicyclic) bond motifs is 1. The summed E-state index contributed by atoms with van der Waals surface area (Å²) in [5.41, 5.74) is 4.27. The molecule has 3 aromatic heterocycles. The fourth-order valence-electron chi connectivity index (χ4n) is 3.94. The molecule has 0 amide bonds. The Morgan fingerprint density at radius 3 is 2.38 bits per heavy atom. The average Bonchev–Trinajstić information content (AvgIpc) is 3.11. The first-order valence-corrected chi connectivity index (χ1v) is 9.96. The Kier molecular flexibility index (Phi) is 4.59. The van der Waals surface area contributed by atoms with E-state index in [-0.39, 0.29) is 0 Å². The van der Waals surface area contributed by atoms with Crippen molar-refractivity contribution >= 4 is 11.6 Å². The number of hydrogen-bond donors (Lipinski definition) is 0. The lowest BCUT2D eigenvalue weighted by Gasteiger charge is -2.36. The van der Waals surface area contributed by atoms with Crippen molar-refractivity contribution in [3.8, 4) is 5.82 Å².